The van der Waals surface area contributed by atoms with Crippen LogP contribution in [0.15, 0.2) is 0 Å². The third kappa shape index (κ3) is 1.26. The predicted molar refractivity (Wildman–Crippen MR) is 47.8 cm³/mol. The van der Waals surface area contributed by atoms with Crippen LogP contribution < -0.4 is 5.32 Å². The van der Waals surface area contributed by atoms with E-state index in [1.165, 1.54) is 4.90 Å². The molecule has 1 rings (SSSR count). The molecule has 0 aliphatic carbocycles. The van der Waals surface area contributed by atoms with Crippen LogP contribution in [0.5, 0.6) is 0 Å². The summed E-state index contributed by atoms with van der Waals surface area (Å²) in [5.74, 6) is 2.09. The summed E-state index contributed by atoms with van der Waals surface area (Å²) >= 11 is 0. The summed E-state index contributed by atoms with van der Waals surface area (Å²) in [4.78, 5) is 24.0. The van der Waals surface area contributed by atoms with Crippen LogP contribution in [-0.2, 0) is 4.79 Å². The summed E-state index contributed by atoms with van der Waals surface area (Å²) in [5, 5.41) is 2.25. The lowest BCUT2D eigenvalue weighted by atomic mass is 9.97. The monoisotopic (exact) mass is 180 g/mol. The van der Waals surface area contributed by atoms with E-state index in [1.54, 1.807) is 6.92 Å². The van der Waals surface area contributed by atoms with Crippen LogP contribution in [0.25, 0.3) is 0 Å². The smallest absolute Gasteiger partial charge is 0.299 e. The quantitative estimate of drug-likeness (QED) is 0.492. The number of amides is 3. The molecule has 1 heterocycles. The molecular weight excluding hydrogens is 168 g/mol. The van der Waals surface area contributed by atoms with E-state index in [2.05, 4.69) is 11.2 Å². The van der Waals surface area contributed by atoms with Crippen molar-refractivity contribution in [3.05, 3.63) is 0 Å². The Bertz CT molecular complexity index is 292. The Morgan fingerprint density at radius 1 is 1.62 bits per heavy atom. The highest BCUT2D eigenvalue weighted by atomic mass is 16.2. The summed E-state index contributed by atoms with van der Waals surface area (Å²) in [6.07, 6.45) is 5.67. The van der Waals surface area contributed by atoms with Crippen LogP contribution in [0.1, 0.15) is 20.3 Å². The van der Waals surface area contributed by atoms with Crippen LogP contribution in [0, 0.1) is 12.3 Å². The van der Waals surface area contributed by atoms with E-state index >= 15 is 0 Å². The molecule has 1 atom stereocenters. The molecule has 4 heteroatoms. The Morgan fingerprint density at radius 2 is 2.23 bits per heavy atom. The van der Waals surface area contributed by atoms with Crippen molar-refractivity contribution in [1.82, 2.24) is 10.2 Å². The number of imide groups is 1. The van der Waals surface area contributed by atoms with Crippen molar-refractivity contribution in [1.29, 1.82) is 0 Å². The van der Waals surface area contributed by atoms with Gasteiger partial charge in [0.25, 0.3) is 5.91 Å². The first-order valence-corrected chi connectivity index (χ1v) is 4.12. The van der Waals surface area contributed by atoms with Gasteiger partial charge in [0, 0.05) is 0 Å². The first-order chi connectivity index (χ1) is 6.06. The summed E-state index contributed by atoms with van der Waals surface area (Å²) in [5.41, 5.74) is -0.774. The van der Waals surface area contributed by atoms with Gasteiger partial charge in [0.05, 0.1) is 6.54 Å². The number of rotatable bonds is 2. The number of carbonyl (C=O) groups excluding carboxylic acids is 2. The molecule has 70 valence electrons. The molecule has 1 fully saturated rings. The van der Waals surface area contributed by atoms with Gasteiger partial charge in [-0.1, -0.05) is 12.8 Å². The van der Waals surface area contributed by atoms with Crippen LogP contribution in [-0.4, -0.2) is 28.9 Å². The Kier molecular flexibility index (Phi) is 2.28. The minimum atomic E-state index is -0.774. The topological polar surface area (TPSA) is 49.4 Å². The van der Waals surface area contributed by atoms with Gasteiger partial charge in [0.15, 0.2) is 0 Å². The van der Waals surface area contributed by atoms with Crippen molar-refractivity contribution in [2.24, 2.45) is 0 Å². The molecular formula is C9H12N2O2. The van der Waals surface area contributed by atoms with E-state index in [4.69, 9.17) is 6.42 Å². The summed E-state index contributed by atoms with van der Waals surface area (Å²) < 4.78 is 0. The second-order valence-corrected chi connectivity index (χ2v) is 3.18. The molecule has 1 unspecified atom stereocenters. The van der Waals surface area contributed by atoms with Crippen LogP contribution in [0.2, 0.25) is 0 Å². The maximum absolute atomic E-state index is 11.4. The zero-order valence-electron chi connectivity index (χ0n) is 7.76. The minimum Gasteiger partial charge on any atom is -0.299 e. The summed E-state index contributed by atoms with van der Waals surface area (Å²) in [6, 6.07) is -0.396. The lowest BCUT2D eigenvalue weighted by Gasteiger charge is -2.28. The maximum atomic E-state index is 11.4. The second kappa shape index (κ2) is 3.09. The number of terminal acetylenes is 1. The molecule has 0 saturated carbocycles. The van der Waals surface area contributed by atoms with Gasteiger partial charge in [-0.25, -0.2) is 4.79 Å². The van der Waals surface area contributed by atoms with E-state index in [9.17, 15) is 9.59 Å². The van der Waals surface area contributed by atoms with E-state index in [-0.39, 0.29) is 12.5 Å². The molecule has 0 radical (unpaired) electrons. The molecule has 1 N–H and O–H groups in total. The van der Waals surface area contributed by atoms with Gasteiger partial charge in [-0.2, -0.15) is 0 Å². The first kappa shape index (κ1) is 9.59. The molecule has 1 aliphatic rings. The predicted octanol–water partition coefficient (Wildman–Crippen LogP) is 0.340. The van der Waals surface area contributed by atoms with Gasteiger partial charge in [-0.3, -0.25) is 15.0 Å². The third-order valence-corrected chi connectivity index (χ3v) is 2.49. The van der Waals surface area contributed by atoms with Crippen molar-refractivity contribution in [3.63, 3.8) is 0 Å². The van der Waals surface area contributed by atoms with Gasteiger partial charge in [-0.15, -0.1) is 6.42 Å². The Balaban J connectivity index is 2.97. The van der Waals surface area contributed by atoms with Crippen LogP contribution in [0.4, 0.5) is 4.79 Å². The standard InChI is InChI=1S/C9H12N2O2/c1-4-6-11-8(13)10-7(12)9(11,3)5-2/h1H,5-6H2,2-3H3,(H,10,12,13). The molecule has 1 aliphatic heterocycles. The fourth-order valence-corrected chi connectivity index (χ4v) is 1.33. The molecule has 0 aromatic heterocycles. The molecule has 4 nitrogen and oxygen atoms in total. The molecule has 0 aromatic carbocycles. The van der Waals surface area contributed by atoms with Crippen molar-refractivity contribution >= 4 is 11.9 Å². The van der Waals surface area contributed by atoms with Crippen molar-refractivity contribution in [3.8, 4) is 12.3 Å². The fraction of sp³-hybridized carbons (Fsp3) is 0.556. The average Bonchev–Trinajstić information content (AvgIpc) is 2.31. The van der Waals surface area contributed by atoms with Gasteiger partial charge in [0.2, 0.25) is 0 Å². The number of hydrogen-bond donors (Lipinski definition) is 1. The Labute approximate surface area is 77.3 Å². The van der Waals surface area contributed by atoms with Gasteiger partial charge >= 0.3 is 6.03 Å². The molecule has 1 saturated heterocycles. The minimum absolute atomic E-state index is 0.169. The lowest BCUT2D eigenvalue weighted by molar-refractivity contribution is -0.125. The lowest BCUT2D eigenvalue weighted by Crippen LogP contribution is -2.46. The number of nitrogens with zero attached hydrogens (tertiary/aromatic N) is 1. The second-order valence-electron chi connectivity index (χ2n) is 3.18. The summed E-state index contributed by atoms with van der Waals surface area (Å²) in [6.45, 7) is 3.73. The van der Waals surface area contributed by atoms with Crippen LogP contribution in [0.3, 0.4) is 0 Å². The fourth-order valence-electron chi connectivity index (χ4n) is 1.33. The highest BCUT2D eigenvalue weighted by Gasteiger charge is 2.47. The van der Waals surface area contributed by atoms with Gasteiger partial charge in [-0.05, 0) is 13.3 Å². The maximum Gasteiger partial charge on any atom is 0.325 e. The zero-order chi connectivity index (χ0) is 10.1. The van der Waals surface area contributed by atoms with Gasteiger partial charge in [0.1, 0.15) is 5.54 Å². The number of carbonyl (C=O) groups is 2. The van der Waals surface area contributed by atoms with E-state index < -0.39 is 11.6 Å². The van der Waals surface area contributed by atoms with Crippen molar-refractivity contribution in [2.75, 3.05) is 6.54 Å². The highest BCUT2D eigenvalue weighted by Crippen LogP contribution is 2.24. The molecule has 13 heavy (non-hydrogen) atoms. The van der Waals surface area contributed by atoms with E-state index in [0.717, 1.165) is 0 Å². The zero-order valence-corrected chi connectivity index (χ0v) is 7.76. The first-order valence-electron chi connectivity index (χ1n) is 4.12. The molecule has 0 aromatic rings. The SMILES string of the molecule is C#CCN1C(=O)NC(=O)C1(C)CC. The number of hydrogen-bond acceptors (Lipinski definition) is 2. The Morgan fingerprint density at radius 3 is 2.69 bits per heavy atom. The van der Waals surface area contributed by atoms with E-state index in [1.807, 2.05) is 6.92 Å². The van der Waals surface area contributed by atoms with Crippen LogP contribution >= 0.6 is 0 Å². The van der Waals surface area contributed by atoms with E-state index in [0.29, 0.717) is 6.42 Å². The van der Waals surface area contributed by atoms with Crippen molar-refractivity contribution < 1.29 is 9.59 Å². The number of urea groups is 1. The third-order valence-electron chi connectivity index (χ3n) is 2.49. The highest BCUT2D eigenvalue weighted by molar-refractivity contribution is 6.06. The largest absolute Gasteiger partial charge is 0.325 e. The Hall–Kier alpha value is -1.50. The summed E-state index contributed by atoms with van der Waals surface area (Å²) in [7, 11) is 0. The molecule has 0 bridgehead atoms. The molecule has 3 amide bonds. The van der Waals surface area contributed by atoms with Gasteiger partial charge < -0.3 is 0 Å². The average molecular weight is 180 g/mol. The normalized spacial score (nSPS) is 27.3. The number of nitrogens with one attached hydrogen (secondary N) is 1. The molecule has 0 spiro atoms. The van der Waals surface area contributed by atoms with Crippen molar-refractivity contribution in [2.45, 2.75) is 25.8 Å².